The molecule has 1 aliphatic rings. The number of amides is 1. The van der Waals surface area contributed by atoms with Crippen molar-refractivity contribution >= 4 is 11.7 Å². The van der Waals surface area contributed by atoms with Gasteiger partial charge in [0.15, 0.2) is 0 Å². The number of aromatic nitrogens is 3. The fourth-order valence-corrected chi connectivity index (χ4v) is 2.57. The van der Waals surface area contributed by atoms with Crippen molar-refractivity contribution in [2.24, 2.45) is 0 Å². The Morgan fingerprint density at radius 3 is 2.64 bits per heavy atom. The van der Waals surface area contributed by atoms with Gasteiger partial charge in [0, 0.05) is 44.8 Å². The molecule has 3 heterocycles. The second-order valence-electron chi connectivity index (χ2n) is 5.25. The van der Waals surface area contributed by atoms with E-state index in [9.17, 15) is 4.79 Å². The molecule has 0 aromatic carbocycles. The van der Waals surface area contributed by atoms with Gasteiger partial charge in [0.05, 0.1) is 6.20 Å². The SMILES string of the molecule is CCc1ccnc(C(=O)N2CCN(c3cnccn3)CC2)c1. The smallest absolute Gasteiger partial charge is 0.272 e. The third-order valence-electron chi connectivity index (χ3n) is 3.89. The Balaban J connectivity index is 1.64. The lowest BCUT2D eigenvalue weighted by Gasteiger charge is -2.35. The first kappa shape index (κ1) is 14.4. The normalized spacial score (nSPS) is 15.0. The number of carbonyl (C=O) groups excluding carboxylic acids is 1. The molecule has 0 radical (unpaired) electrons. The highest BCUT2D eigenvalue weighted by Crippen LogP contribution is 2.13. The summed E-state index contributed by atoms with van der Waals surface area (Å²) in [6, 6.07) is 3.83. The summed E-state index contributed by atoms with van der Waals surface area (Å²) in [4.78, 5) is 29.1. The Labute approximate surface area is 129 Å². The van der Waals surface area contributed by atoms with Gasteiger partial charge in [-0.15, -0.1) is 0 Å². The molecule has 0 saturated carbocycles. The summed E-state index contributed by atoms with van der Waals surface area (Å²) in [7, 11) is 0. The first-order valence-electron chi connectivity index (χ1n) is 7.53. The lowest BCUT2D eigenvalue weighted by molar-refractivity contribution is 0.0740. The van der Waals surface area contributed by atoms with E-state index in [2.05, 4.69) is 26.8 Å². The van der Waals surface area contributed by atoms with Gasteiger partial charge in [0.1, 0.15) is 11.5 Å². The maximum atomic E-state index is 12.5. The zero-order valence-corrected chi connectivity index (χ0v) is 12.6. The molecule has 6 heteroatoms. The van der Waals surface area contributed by atoms with E-state index < -0.39 is 0 Å². The van der Waals surface area contributed by atoms with E-state index in [1.54, 1.807) is 24.8 Å². The van der Waals surface area contributed by atoms with Crippen LogP contribution in [0.3, 0.4) is 0 Å². The molecule has 1 saturated heterocycles. The Bertz CT molecular complexity index is 638. The predicted molar refractivity (Wildman–Crippen MR) is 83.8 cm³/mol. The number of pyridine rings is 1. The average molecular weight is 297 g/mol. The third-order valence-corrected chi connectivity index (χ3v) is 3.89. The zero-order chi connectivity index (χ0) is 15.4. The average Bonchev–Trinajstić information content (AvgIpc) is 2.62. The fourth-order valence-electron chi connectivity index (χ4n) is 2.57. The highest BCUT2D eigenvalue weighted by molar-refractivity contribution is 5.92. The maximum absolute atomic E-state index is 12.5. The molecule has 0 N–H and O–H groups in total. The van der Waals surface area contributed by atoms with Gasteiger partial charge in [-0.2, -0.15) is 0 Å². The van der Waals surface area contributed by atoms with Gasteiger partial charge >= 0.3 is 0 Å². The van der Waals surface area contributed by atoms with Crippen molar-refractivity contribution < 1.29 is 4.79 Å². The molecule has 0 unspecified atom stereocenters. The molecule has 0 aliphatic carbocycles. The Morgan fingerprint density at radius 2 is 1.95 bits per heavy atom. The number of hydrogen-bond acceptors (Lipinski definition) is 5. The second kappa shape index (κ2) is 6.51. The van der Waals surface area contributed by atoms with Crippen LogP contribution in [0.1, 0.15) is 23.0 Å². The van der Waals surface area contributed by atoms with Gasteiger partial charge in [0.25, 0.3) is 5.91 Å². The summed E-state index contributed by atoms with van der Waals surface area (Å²) in [5.74, 6) is 0.870. The predicted octanol–water partition coefficient (Wildman–Crippen LogP) is 1.40. The monoisotopic (exact) mass is 297 g/mol. The summed E-state index contributed by atoms with van der Waals surface area (Å²) in [5.41, 5.74) is 1.67. The minimum absolute atomic E-state index is 0.00842. The van der Waals surface area contributed by atoms with Gasteiger partial charge < -0.3 is 9.80 Å². The van der Waals surface area contributed by atoms with Gasteiger partial charge in [0.2, 0.25) is 0 Å². The summed E-state index contributed by atoms with van der Waals surface area (Å²) in [6.45, 7) is 4.94. The Kier molecular flexibility index (Phi) is 4.27. The molecule has 0 bridgehead atoms. The van der Waals surface area contributed by atoms with Crippen LogP contribution < -0.4 is 4.90 Å². The molecule has 3 rings (SSSR count). The van der Waals surface area contributed by atoms with Gasteiger partial charge in [-0.1, -0.05) is 6.92 Å². The number of anilines is 1. The summed E-state index contributed by atoms with van der Waals surface area (Å²) in [6.07, 6.45) is 7.72. The van der Waals surface area contributed by atoms with Crippen LogP contribution in [0.4, 0.5) is 5.82 Å². The van der Waals surface area contributed by atoms with E-state index >= 15 is 0 Å². The van der Waals surface area contributed by atoms with Crippen molar-refractivity contribution in [2.45, 2.75) is 13.3 Å². The molecule has 114 valence electrons. The molecule has 1 aliphatic heterocycles. The van der Waals surface area contributed by atoms with Gasteiger partial charge in [-0.25, -0.2) is 4.98 Å². The summed E-state index contributed by atoms with van der Waals surface area (Å²) in [5, 5.41) is 0. The number of piperazine rings is 1. The Morgan fingerprint density at radius 1 is 1.14 bits per heavy atom. The largest absolute Gasteiger partial charge is 0.352 e. The van der Waals surface area contributed by atoms with Crippen LogP contribution in [0.5, 0.6) is 0 Å². The van der Waals surface area contributed by atoms with Crippen molar-refractivity contribution in [3.8, 4) is 0 Å². The molecule has 2 aromatic heterocycles. The first-order chi connectivity index (χ1) is 10.8. The van der Waals surface area contributed by atoms with Crippen molar-refractivity contribution in [3.63, 3.8) is 0 Å². The Hall–Kier alpha value is -2.50. The highest BCUT2D eigenvalue weighted by atomic mass is 16.2. The highest BCUT2D eigenvalue weighted by Gasteiger charge is 2.23. The minimum Gasteiger partial charge on any atom is -0.352 e. The standard InChI is InChI=1S/C16H19N5O/c1-2-13-3-4-18-14(11-13)16(22)21-9-7-20(8-10-21)15-12-17-5-6-19-15/h3-6,11-12H,2,7-10H2,1H3. The van der Waals surface area contributed by atoms with Crippen LogP contribution in [-0.4, -0.2) is 51.9 Å². The second-order valence-corrected chi connectivity index (χ2v) is 5.25. The van der Waals surface area contributed by atoms with E-state index in [4.69, 9.17) is 0 Å². The number of rotatable bonds is 3. The molecule has 2 aromatic rings. The van der Waals surface area contributed by atoms with Crippen LogP contribution in [0.25, 0.3) is 0 Å². The van der Waals surface area contributed by atoms with Gasteiger partial charge in [-0.3, -0.25) is 14.8 Å². The van der Waals surface area contributed by atoms with Crippen molar-refractivity contribution in [3.05, 3.63) is 48.2 Å². The van der Waals surface area contributed by atoms with Crippen LogP contribution >= 0.6 is 0 Å². The molecule has 22 heavy (non-hydrogen) atoms. The van der Waals surface area contributed by atoms with E-state index in [1.807, 2.05) is 17.0 Å². The fraction of sp³-hybridized carbons (Fsp3) is 0.375. The van der Waals surface area contributed by atoms with Crippen LogP contribution in [-0.2, 0) is 6.42 Å². The van der Waals surface area contributed by atoms with Crippen LogP contribution in [0, 0.1) is 0 Å². The lowest BCUT2D eigenvalue weighted by Crippen LogP contribution is -2.49. The number of nitrogens with zero attached hydrogens (tertiary/aromatic N) is 5. The van der Waals surface area contributed by atoms with Gasteiger partial charge in [-0.05, 0) is 24.1 Å². The summed E-state index contributed by atoms with van der Waals surface area (Å²) < 4.78 is 0. The summed E-state index contributed by atoms with van der Waals surface area (Å²) >= 11 is 0. The molecule has 6 nitrogen and oxygen atoms in total. The zero-order valence-electron chi connectivity index (χ0n) is 12.6. The van der Waals surface area contributed by atoms with E-state index in [0.717, 1.165) is 30.9 Å². The first-order valence-corrected chi connectivity index (χ1v) is 7.53. The van der Waals surface area contributed by atoms with Crippen molar-refractivity contribution in [1.29, 1.82) is 0 Å². The van der Waals surface area contributed by atoms with E-state index in [0.29, 0.717) is 18.8 Å². The van der Waals surface area contributed by atoms with Crippen LogP contribution in [0.15, 0.2) is 36.9 Å². The van der Waals surface area contributed by atoms with Crippen molar-refractivity contribution in [2.75, 3.05) is 31.1 Å². The molecule has 0 atom stereocenters. The van der Waals surface area contributed by atoms with E-state index in [1.165, 1.54) is 0 Å². The molecule has 1 amide bonds. The lowest BCUT2D eigenvalue weighted by atomic mass is 10.1. The topological polar surface area (TPSA) is 62.2 Å². The quantitative estimate of drug-likeness (QED) is 0.857. The number of aryl methyl sites for hydroxylation is 1. The molecule has 0 spiro atoms. The van der Waals surface area contributed by atoms with E-state index in [-0.39, 0.29) is 5.91 Å². The number of carbonyl (C=O) groups is 1. The number of hydrogen-bond donors (Lipinski definition) is 0. The van der Waals surface area contributed by atoms with Crippen molar-refractivity contribution in [1.82, 2.24) is 19.9 Å². The minimum atomic E-state index is 0.00842. The third kappa shape index (κ3) is 3.05. The maximum Gasteiger partial charge on any atom is 0.272 e. The molecular formula is C16H19N5O. The molecule has 1 fully saturated rings. The molecular weight excluding hydrogens is 278 g/mol. The van der Waals surface area contributed by atoms with Crippen LogP contribution in [0.2, 0.25) is 0 Å².